The minimum absolute atomic E-state index is 0.118. The van der Waals surface area contributed by atoms with Gasteiger partial charge >= 0.3 is 5.97 Å². The van der Waals surface area contributed by atoms with Crippen molar-refractivity contribution < 1.29 is 19.1 Å². The van der Waals surface area contributed by atoms with E-state index in [9.17, 15) is 9.59 Å². The molecule has 1 saturated carbocycles. The van der Waals surface area contributed by atoms with E-state index in [-0.39, 0.29) is 23.3 Å². The molecule has 2 aromatic heterocycles. The van der Waals surface area contributed by atoms with Crippen LogP contribution in [0.5, 0.6) is 0 Å². The molecule has 0 aromatic carbocycles. The Labute approximate surface area is 140 Å². The predicted molar refractivity (Wildman–Crippen MR) is 86.7 cm³/mol. The molecular weight excluding hydrogens is 308 g/mol. The van der Waals surface area contributed by atoms with Crippen LogP contribution in [0.15, 0.2) is 41.2 Å². The van der Waals surface area contributed by atoms with E-state index in [2.05, 4.69) is 4.98 Å². The molecule has 0 saturated heterocycles. The van der Waals surface area contributed by atoms with Gasteiger partial charge in [-0.15, -0.1) is 0 Å². The Balaban J connectivity index is 1.87. The first-order chi connectivity index (χ1) is 11.6. The minimum atomic E-state index is -1.14. The summed E-state index contributed by atoms with van der Waals surface area (Å²) in [5.41, 5.74) is 0.972. The fraction of sp³-hybridized carbons (Fsp3) is 0.389. The molecule has 6 heteroatoms. The van der Waals surface area contributed by atoms with Crippen molar-refractivity contribution >= 4 is 11.9 Å². The summed E-state index contributed by atoms with van der Waals surface area (Å²) in [5.74, 6) is -1.37. The Kier molecular flexibility index (Phi) is 4.93. The van der Waals surface area contributed by atoms with E-state index < -0.39 is 5.97 Å². The highest BCUT2D eigenvalue weighted by Crippen LogP contribution is 2.25. The van der Waals surface area contributed by atoms with Gasteiger partial charge in [0.2, 0.25) is 0 Å². The van der Waals surface area contributed by atoms with E-state index in [4.69, 9.17) is 9.52 Å². The van der Waals surface area contributed by atoms with Gasteiger partial charge in [0.1, 0.15) is 11.4 Å². The van der Waals surface area contributed by atoms with Crippen LogP contribution in [0.1, 0.15) is 58.6 Å². The summed E-state index contributed by atoms with van der Waals surface area (Å²) in [6.45, 7) is 0.443. The molecule has 0 radical (unpaired) electrons. The maximum absolute atomic E-state index is 13.0. The average molecular weight is 328 g/mol. The third kappa shape index (κ3) is 3.64. The van der Waals surface area contributed by atoms with E-state index in [1.807, 2.05) is 6.07 Å². The number of furan rings is 1. The Bertz CT molecular complexity index is 706. The van der Waals surface area contributed by atoms with Gasteiger partial charge in [0.05, 0.1) is 12.5 Å². The van der Waals surface area contributed by atoms with Crippen molar-refractivity contribution in [1.29, 1.82) is 0 Å². The van der Waals surface area contributed by atoms with Gasteiger partial charge in [0.15, 0.2) is 0 Å². The standard InChI is InChI=1S/C18H20N2O4/c21-17(15-7-4-8-16(19-15)18(22)23)20(11-13-9-10-24-12-13)14-5-2-1-3-6-14/h4,7-10,12,14H,1-3,5-6,11H2,(H,22,23). The summed E-state index contributed by atoms with van der Waals surface area (Å²) in [5, 5.41) is 9.09. The van der Waals surface area contributed by atoms with Crippen LogP contribution in [0.2, 0.25) is 0 Å². The van der Waals surface area contributed by atoms with Gasteiger partial charge in [-0.05, 0) is 31.0 Å². The SMILES string of the molecule is O=C(O)c1cccc(C(=O)N(Cc2ccoc2)C2CCCCC2)n1. The molecule has 3 rings (SSSR count). The van der Waals surface area contributed by atoms with Crippen LogP contribution in [0.4, 0.5) is 0 Å². The van der Waals surface area contributed by atoms with Crippen LogP contribution in [0, 0.1) is 0 Å². The number of aromatic carboxylic acids is 1. The van der Waals surface area contributed by atoms with E-state index in [1.165, 1.54) is 12.5 Å². The van der Waals surface area contributed by atoms with Gasteiger partial charge in [0, 0.05) is 18.2 Å². The summed E-state index contributed by atoms with van der Waals surface area (Å²) in [6, 6.07) is 6.50. The zero-order chi connectivity index (χ0) is 16.9. The Morgan fingerprint density at radius 3 is 2.58 bits per heavy atom. The third-order valence-electron chi connectivity index (χ3n) is 4.40. The summed E-state index contributed by atoms with van der Waals surface area (Å²) in [6.07, 6.45) is 8.53. The molecular formula is C18H20N2O4. The lowest BCUT2D eigenvalue weighted by Crippen LogP contribution is -2.41. The molecule has 1 fully saturated rings. The lowest BCUT2D eigenvalue weighted by atomic mass is 9.93. The summed E-state index contributed by atoms with van der Waals surface area (Å²) in [4.78, 5) is 29.9. The number of rotatable bonds is 5. The number of carbonyl (C=O) groups excluding carboxylic acids is 1. The summed E-state index contributed by atoms with van der Waals surface area (Å²) in [7, 11) is 0. The number of carboxylic acids is 1. The second-order valence-electron chi connectivity index (χ2n) is 6.07. The molecule has 0 unspecified atom stereocenters. The van der Waals surface area contributed by atoms with E-state index >= 15 is 0 Å². The van der Waals surface area contributed by atoms with Crippen molar-refractivity contribution in [3.63, 3.8) is 0 Å². The number of carboxylic acid groups (broad SMARTS) is 1. The van der Waals surface area contributed by atoms with Gasteiger partial charge in [-0.25, -0.2) is 9.78 Å². The molecule has 0 aliphatic heterocycles. The zero-order valence-electron chi connectivity index (χ0n) is 13.4. The molecule has 1 amide bonds. The lowest BCUT2D eigenvalue weighted by molar-refractivity contribution is 0.0607. The topological polar surface area (TPSA) is 83.6 Å². The minimum Gasteiger partial charge on any atom is -0.477 e. The quantitative estimate of drug-likeness (QED) is 0.910. The van der Waals surface area contributed by atoms with Gasteiger partial charge in [-0.1, -0.05) is 25.3 Å². The van der Waals surface area contributed by atoms with E-state index in [1.54, 1.807) is 29.6 Å². The monoisotopic (exact) mass is 328 g/mol. The van der Waals surface area contributed by atoms with Crippen LogP contribution >= 0.6 is 0 Å². The predicted octanol–water partition coefficient (Wildman–Crippen LogP) is 3.35. The third-order valence-corrected chi connectivity index (χ3v) is 4.40. The molecule has 2 aromatic rings. The second-order valence-corrected chi connectivity index (χ2v) is 6.07. The van der Waals surface area contributed by atoms with Crippen molar-refractivity contribution in [3.8, 4) is 0 Å². The van der Waals surface area contributed by atoms with Crippen LogP contribution in [0.25, 0.3) is 0 Å². The van der Waals surface area contributed by atoms with Crippen LogP contribution in [-0.2, 0) is 6.54 Å². The molecule has 1 aliphatic carbocycles. The second kappa shape index (κ2) is 7.29. The molecule has 0 atom stereocenters. The zero-order valence-corrected chi connectivity index (χ0v) is 13.4. The van der Waals surface area contributed by atoms with Gasteiger partial charge < -0.3 is 14.4 Å². The molecule has 24 heavy (non-hydrogen) atoms. The Morgan fingerprint density at radius 1 is 1.17 bits per heavy atom. The van der Waals surface area contributed by atoms with Crippen LogP contribution < -0.4 is 0 Å². The average Bonchev–Trinajstić information content (AvgIpc) is 3.13. The Hall–Kier alpha value is -2.63. The first-order valence-corrected chi connectivity index (χ1v) is 8.17. The molecule has 0 spiro atoms. The maximum Gasteiger partial charge on any atom is 0.354 e. The number of aromatic nitrogens is 1. The molecule has 0 bridgehead atoms. The highest BCUT2D eigenvalue weighted by Gasteiger charge is 2.27. The van der Waals surface area contributed by atoms with E-state index in [0.717, 1.165) is 31.2 Å². The van der Waals surface area contributed by atoms with Crippen molar-refractivity contribution in [2.45, 2.75) is 44.7 Å². The lowest BCUT2D eigenvalue weighted by Gasteiger charge is -2.34. The number of carbonyl (C=O) groups is 2. The van der Waals surface area contributed by atoms with Crippen molar-refractivity contribution in [1.82, 2.24) is 9.88 Å². The summed E-state index contributed by atoms with van der Waals surface area (Å²) < 4.78 is 5.11. The fourth-order valence-corrected chi connectivity index (χ4v) is 3.16. The normalized spacial score (nSPS) is 15.2. The Morgan fingerprint density at radius 2 is 1.92 bits per heavy atom. The number of nitrogens with zero attached hydrogens (tertiary/aromatic N) is 2. The van der Waals surface area contributed by atoms with Gasteiger partial charge in [0.25, 0.3) is 5.91 Å². The maximum atomic E-state index is 13.0. The number of hydrogen-bond donors (Lipinski definition) is 1. The number of hydrogen-bond acceptors (Lipinski definition) is 4. The summed E-state index contributed by atoms with van der Waals surface area (Å²) >= 11 is 0. The number of amides is 1. The largest absolute Gasteiger partial charge is 0.477 e. The molecule has 126 valence electrons. The smallest absolute Gasteiger partial charge is 0.354 e. The van der Waals surface area contributed by atoms with Crippen molar-refractivity contribution in [3.05, 3.63) is 53.7 Å². The van der Waals surface area contributed by atoms with Crippen molar-refractivity contribution in [2.75, 3.05) is 0 Å². The highest BCUT2D eigenvalue weighted by molar-refractivity contribution is 5.94. The van der Waals surface area contributed by atoms with E-state index in [0.29, 0.717) is 6.54 Å². The molecule has 1 N–H and O–H groups in total. The van der Waals surface area contributed by atoms with Crippen LogP contribution in [0.3, 0.4) is 0 Å². The highest BCUT2D eigenvalue weighted by atomic mass is 16.4. The van der Waals surface area contributed by atoms with Crippen LogP contribution in [-0.4, -0.2) is 32.9 Å². The molecule has 6 nitrogen and oxygen atoms in total. The molecule has 2 heterocycles. The number of pyridine rings is 1. The first-order valence-electron chi connectivity index (χ1n) is 8.17. The fourth-order valence-electron chi connectivity index (χ4n) is 3.16. The van der Waals surface area contributed by atoms with Gasteiger partial charge in [-0.2, -0.15) is 0 Å². The first kappa shape index (κ1) is 16.2. The van der Waals surface area contributed by atoms with Gasteiger partial charge in [-0.3, -0.25) is 4.79 Å². The molecule has 1 aliphatic rings. The van der Waals surface area contributed by atoms with Crippen molar-refractivity contribution in [2.24, 2.45) is 0 Å².